The summed E-state index contributed by atoms with van der Waals surface area (Å²) < 4.78 is 1.90. The van der Waals surface area contributed by atoms with Gasteiger partial charge in [0.2, 0.25) is 0 Å². The smallest absolute Gasteiger partial charge is 0.0844 e. The number of aliphatic hydroxyl groups excluding tert-OH is 1. The van der Waals surface area contributed by atoms with Crippen LogP contribution in [0.1, 0.15) is 28.2 Å². The Balaban J connectivity index is 2.23. The molecule has 0 saturated carbocycles. The van der Waals surface area contributed by atoms with Crippen LogP contribution in [0.15, 0.2) is 11.4 Å². The molecule has 19 heavy (non-hydrogen) atoms. The van der Waals surface area contributed by atoms with Crippen molar-refractivity contribution in [2.75, 3.05) is 6.61 Å². The Morgan fingerprint density at radius 3 is 2.89 bits per heavy atom. The highest BCUT2D eigenvalue weighted by atomic mass is 35.5. The molecule has 0 bridgehead atoms. The molecule has 0 spiro atoms. The van der Waals surface area contributed by atoms with E-state index in [-0.39, 0.29) is 6.61 Å². The molecule has 5 heteroatoms. The topological polar surface area (TPSA) is 38.0 Å². The maximum Gasteiger partial charge on any atom is 0.0844 e. The standard InChI is InChI=1S/C14H15ClN2OS/c1-10-14(15)11(2)17(16-10)9-13-12(6-8-19-13)5-3-4-7-18/h6,8,18H,4,7,9H2,1-2H3. The van der Waals surface area contributed by atoms with Gasteiger partial charge in [-0.15, -0.1) is 11.3 Å². The van der Waals surface area contributed by atoms with E-state index in [2.05, 4.69) is 16.9 Å². The average Bonchev–Trinajstić information content (AvgIpc) is 2.92. The molecule has 1 N–H and O–H groups in total. The number of halogens is 1. The summed E-state index contributed by atoms with van der Waals surface area (Å²) in [5, 5.41) is 15.9. The Bertz CT molecular complexity index is 634. The zero-order valence-corrected chi connectivity index (χ0v) is 12.5. The van der Waals surface area contributed by atoms with Crippen molar-refractivity contribution >= 4 is 22.9 Å². The quantitative estimate of drug-likeness (QED) is 0.884. The van der Waals surface area contributed by atoms with Gasteiger partial charge in [-0.25, -0.2) is 0 Å². The minimum Gasteiger partial charge on any atom is -0.395 e. The molecule has 2 rings (SSSR count). The number of aryl methyl sites for hydroxylation is 1. The van der Waals surface area contributed by atoms with E-state index in [1.165, 1.54) is 0 Å². The number of hydrogen-bond acceptors (Lipinski definition) is 3. The first-order valence-corrected chi connectivity index (χ1v) is 7.25. The fourth-order valence-electron chi connectivity index (χ4n) is 1.75. The maximum atomic E-state index is 8.74. The molecule has 2 aromatic rings. The van der Waals surface area contributed by atoms with Gasteiger partial charge in [-0.2, -0.15) is 5.10 Å². The molecule has 0 radical (unpaired) electrons. The van der Waals surface area contributed by atoms with Crippen LogP contribution in [-0.4, -0.2) is 21.5 Å². The van der Waals surface area contributed by atoms with E-state index in [0.717, 1.165) is 26.9 Å². The van der Waals surface area contributed by atoms with Crippen LogP contribution in [0, 0.1) is 25.7 Å². The van der Waals surface area contributed by atoms with Crippen molar-refractivity contribution in [3.05, 3.63) is 38.3 Å². The molecule has 0 atom stereocenters. The fourth-order valence-corrected chi connectivity index (χ4v) is 2.70. The zero-order chi connectivity index (χ0) is 13.8. The van der Waals surface area contributed by atoms with Gasteiger partial charge in [-0.1, -0.05) is 23.4 Å². The lowest BCUT2D eigenvalue weighted by molar-refractivity contribution is 0.305. The summed E-state index contributed by atoms with van der Waals surface area (Å²) in [6.45, 7) is 4.65. The molecule has 0 aliphatic heterocycles. The van der Waals surface area contributed by atoms with Crippen LogP contribution in [-0.2, 0) is 6.54 Å². The number of thiophene rings is 1. The molecular weight excluding hydrogens is 280 g/mol. The predicted octanol–water partition coefficient (Wildman–Crippen LogP) is 3.00. The second-order valence-electron chi connectivity index (χ2n) is 4.18. The minimum absolute atomic E-state index is 0.0968. The Labute approximate surface area is 121 Å². The summed E-state index contributed by atoms with van der Waals surface area (Å²) in [7, 11) is 0. The molecule has 0 aromatic carbocycles. The van der Waals surface area contributed by atoms with Crippen molar-refractivity contribution < 1.29 is 5.11 Å². The van der Waals surface area contributed by atoms with E-state index in [0.29, 0.717) is 13.0 Å². The van der Waals surface area contributed by atoms with Crippen molar-refractivity contribution in [1.29, 1.82) is 0 Å². The summed E-state index contributed by atoms with van der Waals surface area (Å²) in [4.78, 5) is 1.16. The minimum atomic E-state index is 0.0968. The highest BCUT2D eigenvalue weighted by molar-refractivity contribution is 7.10. The maximum absolute atomic E-state index is 8.74. The van der Waals surface area contributed by atoms with Crippen LogP contribution in [0.25, 0.3) is 0 Å². The summed E-state index contributed by atoms with van der Waals surface area (Å²) in [5.74, 6) is 6.03. The third-order valence-electron chi connectivity index (χ3n) is 2.79. The Morgan fingerprint density at radius 1 is 1.47 bits per heavy atom. The summed E-state index contributed by atoms with van der Waals surface area (Å²) in [5.41, 5.74) is 2.83. The van der Waals surface area contributed by atoms with E-state index in [1.54, 1.807) is 11.3 Å². The van der Waals surface area contributed by atoms with Gasteiger partial charge in [0.1, 0.15) is 0 Å². The number of aromatic nitrogens is 2. The van der Waals surface area contributed by atoms with E-state index in [9.17, 15) is 0 Å². The fraction of sp³-hybridized carbons (Fsp3) is 0.357. The van der Waals surface area contributed by atoms with Crippen LogP contribution >= 0.6 is 22.9 Å². The van der Waals surface area contributed by atoms with Gasteiger partial charge >= 0.3 is 0 Å². The van der Waals surface area contributed by atoms with Crippen molar-refractivity contribution in [1.82, 2.24) is 9.78 Å². The molecule has 100 valence electrons. The third kappa shape index (κ3) is 3.19. The molecule has 2 aromatic heterocycles. The van der Waals surface area contributed by atoms with Gasteiger partial charge in [-0.3, -0.25) is 4.68 Å². The van der Waals surface area contributed by atoms with Gasteiger partial charge in [0.25, 0.3) is 0 Å². The van der Waals surface area contributed by atoms with Crippen LogP contribution in [0.2, 0.25) is 5.02 Å². The second kappa shape index (κ2) is 6.25. The lowest BCUT2D eigenvalue weighted by atomic mass is 10.2. The predicted molar refractivity (Wildman–Crippen MR) is 78.7 cm³/mol. The zero-order valence-electron chi connectivity index (χ0n) is 10.9. The molecule has 2 heterocycles. The number of rotatable bonds is 3. The van der Waals surface area contributed by atoms with Gasteiger partial charge < -0.3 is 5.11 Å². The lowest BCUT2D eigenvalue weighted by Crippen LogP contribution is -2.03. The highest BCUT2D eigenvalue weighted by Gasteiger charge is 2.11. The van der Waals surface area contributed by atoms with Crippen LogP contribution in [0.3, 0.4) is 0 Å². The third-order valence-corrected chi connectivity index (χ3v) is 4.24. The molecule has 0 amide bonds. The summed E-state index contributed by atoms with van der Waals surface area (Å²) in [6.07, 6.45) is 0.501. The van der Waals surface area contributed by atoms with E-state index >= 15 is 0 Å². The molecule has 0 unspecified atom stereocenters. The molecule has 0 aliphatic rings. The molecule has 0 saturated heterocycles. The SMILES string of the molecule is Cc1nn(Cc2sccc2C#CCCO)c(C)c1Cl. The summed E-state index contributed by atoms with van der Waals surface area (Å²) in [6, 6.07) is 2.00. The first kappa shape index (κ1) is 14.1. The van der Waals surface area contributed by atoms with Gasteiger partial charge in [-0.05, 0) is 25.3 Å². The largest absolute Gasteiger partial charge is 0.395 e. The average molecular weight is 295 g/mol. The van der Waals surface area contributed by atoms with Gasteiger partial charge in [0.05, 0.1) is 29.6 Å². The first-order valence-electron chi connectivity index (χ1n) is 5.99. The van der Waals surface area contributed by atoms with E-state index in [1.807, 2.05) is 30.0 Å². The first-order chi connectivity index (χ1) is 9.13. The van der Waals surface area contributed by atoms with E-state index in [4.69, 9.17) is 16.7 Å². The number of nitrogens with zero attached hydrogens (tertiary/aromatic N) is 2. The number of aliphatic hydroxyl groups is 1. The molecule has 0 aliphatic carbocycles. The lowest BCUT2D eigenvalue weighted by Gasteiger charge is -2.03. The van der Waals surface area contributed by atoms with Crippen molar-refractivity contribution in [2.24, 2.45) is 0 Å². The molecule has 3 nitrogen and oxygen atoms in total. The van der Waals surface area contributed by atoms with Crippen LogP contribution in [0.4, 0.5) is 0 Å². The van der Waals surface area contributed by atoms with Crippen molar-refractivity contribution in [3.8, 4) is 11.8 Å². The van der Waals surface area contributed by atoms with Crippen LogP contribution < -0.4 is 0 Å². The van der Waals surface area contributed by atoms with E-state index < -0.39 is 0 Å². The van der Waals surface area contributed by atoms with Crippen molar-refractivity contribution in [3.63, 3.8) is 0 Å². The van der Waals surface area contributed by atoms with Gasteiger partial charge in [0, 0.05) is 16.9 Å². The Morgan fingerprint density at radius 2 is 2.26 bits per heavy atom. The molecule has 0 fully saturated rings. The monoisotopic (exact) mass is 294 g/mol. The Hall–Kier alpha value is -1.28. The van der Waals surface area contributed by atoms with Crippen LogP contribution in [0.5, 0.6) is 0 Å². The summed E-state index contributed by atoms with van der Waals surface area (Å²) >= 11 is 7.80. The highest BCUT2D eigenvalue weighted by Crippen LogP contribution is 2.22. The number of hydrogen-bond donors (Lipinski definition) is 1. The van der Waals surface area contributed by atoms with Gasteiger partial charge in [0.15, 0.2) is 0 Å². The second-order valence-corrected chi connectivity index (χ2v) is 5.55. The van der Waals surface area contributed by atoms with Crippen molar-refractivity contribution in [2.45, 2.75) is 26.8 Å². The normalized spacial score (nSPS) is 10.3. The Kier molecular flexibility index (Phi) is 4.65. The molecular formula is C14H15ClN2OS.